The molecule has 0 fully saturated rings. The molecular formula is C10H8ClNO. The van der Waals surface area contributed by atoms with Gasteiger partial charge in [0.05, 0.1) is 18.2 Å². The van der Waals surface area contributed by atoms with Crippen molar-refractivity contribution in [3.8, 4) is 6.07 Å². The van der Waals surface area contributed by atoms with Crippen LogP contribution in [0.2, 0.25) is 5.02 Å². The first-order valence-corrected chi connectivity index (χ1v) is 4.13. The van der Waals surface area contributed by atoms with Gasteiger partial charge in [-0.2, -0.15) is 5.26 Å². The van der Waals surface area contributed by atoms with E-state index >= 15 is 0 Å². The van der Waals surface area contributed by atoms with Crippen molar-refractivity contribution >= 4 is 17.7 Å². The number of halogens is 1. The topological polar surface area (TPSA) is 44.0 Å². The predicted octanol–water partition coefficient (Wildman–Crippen LogP) is 2.22. The molecule has 0 aromatic heterocycles. The molecule has 0 amide bonds. The van der Waals surface area contributed by atoms with Gasteiger partial charge in [-0.05, 0) is 17.7 Å². The lowest BCUT2D eigenvalue weighted by atomic mass is 10.1. The van der Waals surface area contributed by atoms with E-state index in [1.807, 2.05) is 6.07 Å². The molecule has 0 aliphatic rings. The Balaban J connectivity index is 3.00. The van der Waals surface area contributed by atoms with Gasteiger partial charge in [0.25, 0.3) is 0 Å². The highest BCUT2D eigenvalue weighted by molar-refractivity contribution is 6.32. The van der Waals surface area contributed by atoms with Gasteiger partial charge in [0.1, 0.15) is 0 Å². The van der Waals surface area contributed by atoms with Gasteiger partial charge >= 0.3 is 0 Å². The first-order chi connectivity index (χ1) is 6.27. The van der Waals surface area contributed by atoms with E-state index in [4.69, 9.17) is 22.0 Å². The van der Waals surface area contributed by atoms with Gasteiger partial charge in [-0.25, -0.2) is 0 Å². The highest BCUT2D eigenvalue weighted by Gasteiger charge is 1.97. The molecule has 0 aliphatic heterocycles. The van der Waals surface area contributed by atoms with E-state index < -0.39 is 0 Å². The Morgan fingerprint density at radius 2 is 2.31 bits per heavy atom. The number of hydrogen-bond acceptors (Lipinski definition) is 2. The average molecular weight is 194 g/mol. The van der Waals surface area contributed by atoms with Crippen molar-refractivity contribution in [3.63, 3.8) is 0 Å². The molecule has 3 heteroatoms. The van der Waals surface area contributed by atoms with Crippen LogP contribution in [0.3, 0.4) is 0 Å². The second kappa shape index (κ2) is 4.66. The van der Waals surface area contributed by atoms with Crippen molar-refractivity contribution in [1.82, 2.24) is 0 Å². The highest BCUT2D eigenvalue weighted by atomic mass is 35.5. The van der Waals surface area contributed by atoms with E-state index in [0.717, 1.165) is 5.56 Å². The molecule has 0 heterocycles. The molecule has 1 aromatic carbocycles. The van der Waals surface area contributed by atoms with Gasteiger partial charge in [-0.15, -0.1) is 0 Å². The summed E-state index contributed by atoms with van der Waals surface area (Å²) < 4.78 is 0. The summed E-state index contributed by atoms with van der Waals surface area (Å²) in [6.45, 7) is -0.0175. The average Bonchev–Trinajstić information content (AvgIpc) is 2.16. The van der Waals surface area contributed by atoms with E-state index in [1.54, 1.807) is 30.4 Å². The second-order valence-electron chi connectivity index (χ2n) is 2.43. The molecule has 2 nitrogen and oxygen atoms in total. The lowest BCUT2D eigenvalue weighted by Crippen LogP contribution is -1.79. The van der Waals surface area contributed by atoms with E-state index in [0.29, 0.717) is 10.6 Å². The Labute approximate surface area is 81.7 Å². The Morgan fingerprint density at radius 1 is 1.54 bits per heavy atom. The fourth-order valence-electron chi connectivity index (χ4n) is 0.912. The van der Waals surface area contributed by atoms with Crippen LogP contribution in [0.15, 0.2) is 24.3 Å². The molecule has 66 valence electrons. The molecule has 0 bridgehead atoms. The largest absolute Gasteiger partial charge is 0.392 e. The Bertz CT molecular complexity index is 366. The molecule has 0 aliphatic carbocycles. The zero-order valence-electron chi connectivity index (χ0n) is 6.87. The van der Waals surface area contributed by atoms with Crippen molar-refractivity contribution in [1.29, 1.82) is 5.26 Å². The van der Waals surface area contributed by atoms with Gasteiger partial charge in [0.15, 0.2) is 0 Å². The lowest BCUT2D eigenvalue weighted by molar-refractivity contribution is 0.343. The minimum Gasteiger partial charge on any atom is -0.392 e. The Hall–Kier alpha value is -1.30. The van der Waals surface area contributed by atoms with Crippen LogP contribution in [-0.2, 0) is 0 Å². The highest BCUT2D eigenvalue weighted by Crippen LogP contribution is 2.18. The smallest absolute Gasteiger partial charge is 0.0992 e. The molecule has 0 saturated heterocycles. The number of nitrogens with zero attached hydrogens (tertiary/aromatic N) is 1. The summed E-state index contributed by atoms with van der Waals surface area (Å²) in [6.07, 6.45) is 3.30. The molecule has 13 heavy (non-hydrogen) atoms. The number of nitriles is 1. The van der Waals surface area contributed by atoms with Crippen LogP contribution < -0.4 is 0 Å². The minimum absolute atomic E-state index is 0.0175. The molecule has 1 aromatic rings. The van der Waals surface area contributed by atoms with E-state index in [1.165, 1.54) is 0 Å². The summed E-state index contributed by atoms with van der Waals surface area (Å²) >= 11 is 5.86. The van der Waals surface area contributed by atoms with Gasteiger partial charge in [0, 0.05) is 5.02 Å². The summed E-state index contributed by atoms with van der Waals surface area (Å²) in [6, 6.07) is 7.02. The maximum atomic E-state index is 8.56. The first-order valence-electron chi connectivity index (χ1n) is 3.75. The van der Waals surface area contributed by atoms with E-state index in [-0.39, 0.29) is 6.61 Å². The third-order valence-electron chi connectivity index (χ3n) is 1.53. The molecule has 0 atom stereocenters. The zero-order valence-corrected chi connectivity index (χ0v) is 7.62. The molecule has 0 saturated carbocycles. The number of aliphatic hydroxyl groups excluding tert-OH is 1. The van der Waals surface area contributed by atoms with Gasteiger partial charge in [-0.3, -0.25) is 0 Å². The standard InChI is InChI=1S/C10H8ClNO/c11-10-6-8(7-12)3-4-9(10)2-1-5-13/h1-4,6,13H,5H2. The summed E-state index contributed by atoms with van der Waals surface area (Å²) in [7, 11) is 0. The second-order valence-corrected chi connectivity index (χ2v) is 2.84. The maximum Gasteiger partial charge on any atom is 0.0992 e. The molecule has 0 spiro atoms. The monoisotopic (exact) mass is 193 g/mol. The van der Waals surface area contributed by atoms with Gasteiger partial charge in [-0.1, -0.05) is 29.8 Å². The minimum atomic E-state index is -0.0175. The van der Waals surface area contributed by atoms with Crippen LogP contribution in [0, 0.1) is 11.3 Å². The SMILES string of the molecule is N#Cc1ccc(C=CCO)c(Cl)c1. The van der Waals surface area contributed by atoms with Crippen molar-refractivity contribution in [2.45, 2.75) is 0 Å². The number of aliphatic hydroxyl groups is 1. The fraction of sp³-hybridized carbons (Fsp3) is 0.100. The molecule has 1 rings (SSSR count). The first kappa shape index (κ1) is 9.79. The Morgan fingerprint density at radius 3 is 2.85 bits per heavy atom. The van der Waals surface area contributed by atoms with Crippen LogP contribution in [0.25, 0.3) is 6.08 Å². The third kappa shape index (κ3) is 2.59. The predicted molar refractivity (Wildman–Crippen MR) is 52.3 cm³/mol. The lowest BCUT2D eigenvalue weighted by Gasteiger charge is -1.97. The Kier molecular flexibility index (Phi) is 3.51. The molecular weight excluding hydrogens is 186 g/mol. The number of benzene rings is 1. The zero-order chi connectivity index (χ0) is 9.68. The molecule has 1 N–H and O–H groups in total. The van der Waals surface area contributed by atoms with Crippen LogP contribution in [0.5, 0.6) is 0 Å². The third-order valence-corrected chi connectivity index (χ3v) is 1.86. The van der Waals surface area contributed by atoms with Crippen molar-refractivity contribution in [2.75, 3.05) is 6.61 Å². The van der Waals surface area contributed by atoms with Crippen molar-refractivity contribution in [3.05, 3.63) is 40.4 Å². The number of hydrogen-bond donors (Lipinski definition) is 1. The van der Waals surface area contributed by atoms with Crippen LogP contribution in [0.4, 0.5) is 0 Å². The van der Waals surface area contributed by atoms with Crippen LogP contribution in [0.1, 0.15) is 11.1 Å². The summed E-state index contributed by atoms with van der Waals surface area (Å²) in [5, 5.41) is 17.6. The van der Waals surface area contributed by atoms with Crippen LogP contribution >= 0.6 is 11.6 Å². The van der Waals surface area contributed by atoms with Gasteiger partial charge < -0.3 is 5.11 Å². The van der Waals surface area contributed by atoms with Crippen molar-refractivity contribution in [2.24, 2.45) is 0 Å². The maximum absolute atomic E-state index is 8.56. The van der Waals surface area contributed by atoms with E-state index in [2.05, 4.69) is 0 Å². The molecule has 0 radical (unpaired) electrons. The fourth-order valence-corrected chi connectivity index (χ4v) is 1.16. The molecule has 0 unspecified atom stereocenters. The normalized spacial score (nSPS) is 10.2. The summed E-state index contributed by atoms with van der Waals surface area (Å²) in [4.78, 5) is 0. The quantitative estimate of drug-likeness (QED) is 0.783. The van der Waals surface area contributed by atoms with E-state index in [9.17, 15) is 0 Å². The summed E-state index contributed by atoms with van der Waals surface area (Å²) in [5.74, 6) is 0. The van der Waals surface area contributed by atoms with Gasteiger partial charge in [0.2, 0.25) is 0 Å². The van der Waals surface area contributed by atoms with Crippen molar-refractivity contribution < 1.29 is 5.11 Å². The summed E-state index contributed by atoms with van der Waals surface area (Å²) in [5.41, 5.74) is 1.33. The van der Waals surface area contributed by atoms with Crippen LogP contribution in [-0.4, -0.2) is 11.7 Å². The number of rotatable bonds is 2.